The van der Waals surface area contributed by atoms with Crippen molar-refractivity contribution in [3.8, 4) is 17.5 Å². The number of halogens is 2. The number of nitrogens with zero attached hydrogens (tertiary/aromatic N) is 2. The predicted octanol–water partition coefficient (Wildman–Crippen LogP) is 5.96. The molecule has 0 saturated heterocycles. The topological polar surface area (TPSA) is 67.0 Å². The van der Waals surface area contributed by atoms with Gasteiger partial charge in [0, 0.05) is 27.8 Å². The summed E-state index contributed by atoms with van der Waals surface area (Å²) >= 11 is 12.1. The molecule has 0 spiro atoms. The normalized spacial score (nSPS) is 11.1. The third kappa shape index (κ3) is 4.51. The van der Waals surface area contributed by atoms with E-state index in [1.54, 1.807) is 43.5 Å². The van der Waals surface area contributed by atoms with Crippen LogP contribution in [-0.2, 0) is 4.79 Å². The van der Waals surface area contributed by atoms with E-state index in [9.17, 15) is 10.1 Å². The number of carbonyl (C=O) groups is 1. The first-order valence-corrected chi connectivity index (χ1v) is 9.81. The molecular weight excluding hydrogens is 421 g/mol. The highest BCUT2D eigenvalue weighted by atomic mass is 35.5. The second-order valence-corrected chi connectivity index (χ2v) is 7.46. The summed E-state index contributed by atoms with van der Waals surface area (Å²) in [5.41, 5.74) is 4.00. The van der Waals surface area contributed by atoms with Gasteiger partial charge in [-0.1, -0.05) is 23.2 Å². The summed E-state index contributed by atoms with van der Waals surface area (Å²) in [6.45, 7) is 3.87. The second kappa shape index (κ2) is 9.08. The van der Waals surface area contributed by atoms with Gasteiger partial charge in [-0.2, -0.15) is 5.26 Å². The van der Waals surface area contributed by atoms with E-state index in [2.05, 4.69) is 5.32 Å². The van der Waals surface area contributed by atoms with Crippen molar-refractivity contribution < 1.29 is 9.53 Å². The number of anilines is 1. The quantitative estimate of drug-likeness (QED) is 0.394. The van der Waals surface area contributed by atoms with E-state index in [1.165, 1.54) is 0 Å². The Morgan fingerprint density at radius 2 is 1.83 bits per heavy atom. The van der Waals surface area contributed by atoms with Crippen molar-refractivity contribution in [3.05, 3.63) is 81.1 Å². The number of ether oxygens (including phenoxy) is 1. The van der Waals surface area contributed by atoms with Crippen LogP contribution in [0.4, 0.5) is 5.69 Å². The van der Waals surface area contributed by atoms with Gasteiger partial charge in [0.2, 0.25) is 0 Å². The largest absolute Gasteiger partial charge is 0.495 e. The van der Waals surface area contributed by atoms with Crippen LogP contribution in [0.1, 0.15) is 17.0 Å². The average Bonchev–Trinajstić information content (AvgIpc) is 3.00. The maximum Gasteiger partial charge on any atom is 0.266 e. The molecule has 2 aromatic carbocycles. The van der Waals surface area contributed by atoms with E-state index in [4.69, 9.17) is 27.9 Å². The van der Waals surface area contributed by atoms with E-state index in [-0.39, 0.29) is 5.57 Å². The molecule has 0 fully saturated rings. The highest BCUT2D eigenvalue weighted by Gasteiger charge is 2.15. The van der Waals surface area contributed by atoms with Gasteiger partial charge >= 0.3 is 0 Å². The Morgan fingerprint density at radius 3 is 2.43 bits per heavy atom. The monoisotopic (exact) mass is 439 g/mol. The summed E-state index contributed by atoms with van der Waals surface area (Å²) in [6.07, 6.45) is 1.58. The van der Waals surface area contributed by atoms with Crippen molar-refractivity contribution in [2.45, 2.75) is 13.8 Å². The zero-order chi connectivity index (χ0) is 21.8. The Balaban J connectivity index is 1.93. The molecule has 30 heavy (non-hydrogen) atoms. The minimum atomic E-state index is -0.489. The zero-order valence-electron chi connectivity index (χ0n) is 16.7. The number of nitriles is 1. The summed E-state index contributed by atoms with van der Waals surface area (Å²) < 4.78 is 7.22. The Kier molecular flexibility index (Phi) is 6.51. The lowest BCUT2D eigenvalue weighted by Crippen LogP contribution is -2.13. The average molecular weight is 440 g/mol. The Hall–Kier alpha value is -3.20. The lowest BCUT2D eigenvalue weighted by atomic mass is 10.1. The molecule has 3 aromatic rings. The van der Waals surface area contributed by atoms with E-state index in [0.717, 1.165) is 22.6 Å². The van der Waals surface area contributed by atoms with E-state index in [0.29, 0.717) is 21.5 Å². The van der Waals surface area contributed by atoms with Crippen molar-refractivity contribution in [2.24, 2.45) is 0 Å². The molecule has 0 aliphatic heterocycles. The lowest BCUT2D eigenvalue weighted by molar-refractivity contribution is -0.112. The number of aryl methyl sites for hydroxylation is 1. The summed E-state index contributed by atoms with van der Waals surface area (Å²) in [5, 5.41) is 13.3. The first kappa shape index (κ1) is 21.5. The van der Waals surface area contributed by atoms with Gasteiger partial charge in [0.25, 0.3) is 5.91 Å². The molecule has 1 N–H and O–H groups in total. The van der Waals surface area contributed by atoms with Gasteiger partial charge in [0.05, 0.1) is 12.1 Å². The van der Waals surface area contributed by atoms with Gasteiger partial charge in [-0.25, -0.2) is 0 Å². The number of carbonyl (C=O) groups excluding carboxylic acids is 1. The van der Waals surface area contributed by atoms with Gasteiger partial charge in [0.15, 0.2) is 0 Å². The van der Waals surface area contributed by atoms with Crippen LogP contribution in [0.25, 0.3) is 11.8 Å². The predicted molar refractivity (Wildman–Crippen MR) is 120 cm³/mol. The fourth-order valence-corrected chi connectivity index (χ4v) is 3.54. The molecule has 0 saturated carbocycles. The molecule has 0 aliphatic carbocycles. The summed E-state index contributed by atoms with van der Waals surface area (Å²) in [7, 11) is 1.56. The number of hydrogen-bond acceptors (Lipinski definition) is 3. The SMILES string of the molecule is COc1ccc(-n2c(C)cc(/C=C(\C#N)C(=O)Nc3ccc(Cl)cc3)c2C)cc1Cl. The minimum absolute atomic E-state index is 0.00189. The molecule has 1 aromatic heterocycles. The van der Waals surface area contributed by atoms with Crippen LogP contribution in [0.3, 0.4) is 0 Å². The van der Waals surface area contributed by atoms with Gasteiger partial charge < -0.3 is 14.6 Å². The smallest absolute Gasteiger partial charge is 0.266 e. The number of hydrogen-bond donors (Lipinski definition) is 1. The minimum Gasteiger partial charge on any atom is -0.495 e. The van der Waals surface area contributed by atoms with Crippen LogP contribution in [0.2, 0.25) is 10.0 Å². The van der Waals surface area contributed by atoms with Crippen molar-refractivity contribution in [1.29, 1.82) is 5.26 Å². The molecule has 0 radical (unpaired) electrons. The number of benzene rings is 2. The van der Waals surface area contributed by atoms with Crippen LogP contribution in [0.15, 0.2) is 54.1 Å². The molecule has 1 heterocycles. The van der Waals surface area contributed by atoms with Crippen LogP contribution in [0.5, 0.6) is 5.75 Å². The third-order valence-corrected chi connectivity index (χ3v) is 5.18. The molecule has 0 unspecified atom stereocenters. The van der Waals surface area contributed by atoms with Gasteiger partial charge in [-0.3, -0.25) is 4.79 Å². The van der Waals surface area contributed by atoms with Crippen molar-refractivity contribution >= 4 is 40.9 Å². The van der Waals surface area contributed by atoms with Crippen LogP contribution in [0, 0.1) is 25.2 Å². The van der Waals surface area contributed by atoms with Crippen molar-refractivity contribution in [1.82, 2.24) is 4.57 Å². The van der Waals surface area contributed by atoms with E-state index < -0.39 is 5.91 Å². The molecule has 0 aliphatic rings. The second-order valence-electron chi connectivity index (χ2n) is 6.61. The molecule has 0 bridgehead atoms. The zero-order valence-corrected chi connectivity index (χ0v) is 18.2. The van der Waals surface area contributed by atoms with Gasteiger partial charge in [0.1, 0.15) is 17.4 Å². The Morgan fingerprint density at radius 1 is 1.13 bits per heavy atom. The van der Waals surface area contributed by atoms with E-state index >= 15 is 0 Å². The first-order chi connectivity index (χ1) is 14.3. The summed E-state index contributed by atoms with van der Waals surface area (Å²) in [6, 6.07) is 16.1. The standard InChI is InChI=1S/C23H19Cl2N3O2/c1-14-10-16(15(2)28(14)20-8-9-22(30-3)21(25)12-20)11-17(13-26)23(29)27-19-6-4-18(24)5-7-19/h4-12H,1-3H3,(H,27,29)/b17-11+. The molecule has 5 nitrogen and oxygen atoms in total. The maximum absolute atomic E-state index is 12.5. The maximum atomic E-state index is 12.5. The summed E-state index contributed by atoms with van der Waals surface area (Å²) in [5.74, 6) is 0.103. The number of rotatable bonds is 5. The number of aromatic nitrogens is 1. The van der Waals surface area contributed by atoms with Gasteiger partial charge in [-0.15, -0.1) is 0 Å². The molecule has 1 amide bonds. The lowest BCUT2D eigenvalue weighted by Gasteiger charge is -2.12. The molecule has 7 heteroatoms. The highest BCUT2D eigenvalue weighted by Crippen LogP contribution is 2.29. The number of methoxy groups -OCH3 is 1. The number of amides is 1. The fourth-order valence-electron chi connectivity index (χ4n) is 3.16. The van der Waals surface area contributed by atoms with Crippen LogP contribution in [-0.4, -0.2) is 17.6 Å². The Bertz CT molecular complexity index is 1170. The first-order valence-electron chi connectivity index (χ1n) is 9.05. The fraction of sp³-hybridized carbons (Fsp3) is 0.130. The third-order valence-electron chi connectivity index (χ3n) is 4.63. The van der Waals surface area contributed by atoms with E-state index in [1.807, 2.05) is 42.7 Å². The Labute approximate surface area is 185 Å². The number of nitrogens with one attached hydrogen (secondary N) is 1. The highest BCUT2D eigenvalue weighted by molar-refractivity contribution is 6.32. The molecule has 3 rings (SSSR count). The van der Waals surface area contributed by atoms with Gasteiger partial charge in [-0.05, 0) is 74.0 Å². The molecule has 0 atom stereocenters. The molecule has 152 valence electrons. The van der Waals surface area contributed by atoms with Crippen molar-refractivity contribution in [2.75, 3.05) is 12.4 Å². The summed E-state index contributed by atoms with van der Waals surface area (Å²) in [4.78, 5) is 12.5. The van der Waals surface area contributed by atoms with Crippen LogP contribution >= 0.6 is 23.2 Å². The van der Waals surface area contributed by atoms with Crippen LogP contribution < -0.4 is 10.1 Å². The van der Waals surface area contributed by atoms with Crippen molar-refractivity contribution in [3.63, 3.8) is 0 Å². The molecular formula is C23H19Cl2N3O2.